The van der Waals surface area contributed by atoms with E-state index in [2.05, 4.69) is 11.2 Å². The summed E-state index contributed by atoms with van der Waals surface area (Å²) >= 11 is 0. The summed E-state index contributed by atoms with van der Waals surface area (Å²) in [6.45, 7) is 3.51. The van der Waals surface area contributed by atoms with Crippen molar-refractivity contribution in [2.45, 2.75) is 19.4 Å². The van der Waals surface area contributed by atoms with E-state index in [0.29, 0.717) is 16.8 Å². The summed E-state index contributed by atoms with van der Waals surface area (Å²) < 4.78 is 6.92. The molecular weight excluding hydrogens is 218 g/mol. The van der Waals surface area contributed by atoms with Crippen LogP contribution in [0.25, 0.3) is 5.52 Å². The molecular formula is C12H12N3O2. The SMILES string of the molecule is CC(C)(O)COc1c[c]c2c(C#N)cnn2c1. The highest BCUT2D eigenvalue weighted by Crippen LogP contribution is 2.16. The van der Waals surface area contributed by atoms with Crippen LogP contribution in [0.1, 0.15) is 19.4 Å². The number of nitrogens with zero attached hydrogens (tertiary/aromatic N) is 3. The molecule has 0 aliphatic rings. The molecule has 0 unspecified atom stereocenters. The number of rotatable bonds is 3. The van der Waals surface area contributed by atoms with Crippen LogP contribution in [0.3, 0.4) is 0 Å². The van der Waals surface area contributed by atoms with Crippen LogP contribution in [-0.2, 0) is 0 Å². The molecule has 2 rings (SSSR count). The molecule has 5 nitrogen and oxygen atoms in total. The first-order valence-corrected chi connectivity index (χ1v) is 5.14. The minimum atomic E-state index is -0.892. The third-order valence-electron chi connectivity index (χ3n) is 2.11. The third kappa shape index (κ3) is 2.55. The Kier molecular flexibility index (Phi) is 2.74. The van der Waals surface area contributed by atoms with E-state index < -0.39 is 5.60 Å². The monoisotopic (exact) mass is 230 g/mol. The van der Waals surface area contributed by atoms with Crippen molar-refractivity contribution >= 4 is 5.52 Å². The van der Waals surface area contributed by atoms with Gasteiger partial charge in [0.15, 0.2) is 0 Å². The van der Waals surface area contributed by atoms with E-state index in [1.165, 1.54) is 10.7 Å². The van der Waals surface area contributed by atoms with Gasteiger partial charge in [-0.15, -0.1) is 0 Å². The number of hydrogen-bond acceptors (Lipinski definition) is 4. The van der Waals surface area contributed by atoms with Gasteiger partial charge in [0.25, 0.3) is 0 Å². The highest BCUT2D eigenvalue weighted by Gasteiger charge is 2.13. The number of fused-ring (bicyclic) bond motifs is 1. The largest absolute Gasteiger partial charge is 0.489 e. The summed E-state index contributed by atoms with van der Waals surface area (Å²) in [5.74, 6) is 0.548. The fourth-order valence-corrected chi connectivity index (χ4v) is 1.32. The average molecular weight is 230 g/mol. The zero-order valence-corrected chi connectivity index (χ0v) is 9.64. The average Bonchev–Trinajstić information content (AvgIpc) is 2.67. The molecule has 1 N–H and O–H groups in total. The van der Waals surface area contributed by atoms with Crippen molar-refractivity contribution in [2.75, 3.05) is 6.61 Å². The van der Waals surface area contributed by atoms with Gasteiger partial charge in [-0.3, -0.25) is 0 Å². The number of hydrogen-bond donors (Lipinski definition) is 1. The topological polar surface area (TPSA) is 70.5 Å². The molecule has 0 aromatic carbocycles. The summed E-state index contributed by atoms with van der Waals surface area (Å²) in [6.07, 6.45) is 3.13. The number of pyridine rings is 1. The lowest BCUT2D eigenvalue weighted by molar-refractivity contribution is 0.0283. The molecule has 0 fully saturated rings. The number of aliphatic hydroxyl groups is 1. The van der Waals surface area contributed by atoms with Gasteiger partial charge in [0.2, 0.25) is 0 Å². The minimum Gasteiger partial charge on any atom is -0.489 e. The molecule has 0 amide bonds. The summed E-state index contributed by atoms with van der Waals surface area (Å²) in [4.78, 5) is 0. The molecule has 0 aliphatic carbocycles. The second kappa shape index (κ2) is 4.07. The number of nitriles is 1. The van der Waals surface area contributed by atoms with E-state index in [-0.39, 0.29) is 6.61 Å². The normalized spacial score (nSPS) is 11.4. The second-order valence-electron chi connectivity index (χ2n) is 4.38. The van der Waals surface area contributed by atoms with E-state index in [0.717, 1.165) is 0 Å². The lowest BCUT2D eigenvalue weighted by Gasteiger charge is -2.17. The Bertz CT molecular complexity index is 575. The highest BCUT2D eigenvalue weighted by molar-refractivity contribution is 5.59. The fraction of sp³-hybridized carbons (Fsp3) is 0.333. The molecule has 0 atom stereocenters. The van der Waals surface area contributed by atoms with E-state index in [4.69, 9.17) is 10.00 Å². The molecule has 0 bridgehead atoms. The lowest BCUT2D eigenvalue weighted by Crippen LogP contribution is -2.27. The van der Waals surface area contributed by atoms with Crippen molar-refractivity contribution in [3.05, 3.63) is 30.1 Å². The van der Waals surface area contributed by atoms with Gasteiger partial charge in [0.05, 0.1) is 29.1 Å². The summed E-state index contributed by atoms with van der Waals surface area (Å²) in [6, 6.07) is 6.59. The first-order valence-electron chi connectivity index (χ1n) is 5.14. The zero-order chi connectivity index (χ0) is 12.5. The van der Waals surface area contributed by atoms with Crippen LogP contribution < -0.4 is 4.74 Å². The van der Waals surface area contributed by atoms with Crippen molar-refractivity contribution in [1.82, 2.24) is 9.61 Å². The first-order chi connectivity index (χ1) is 7.99. The molecule has 17 heavy (non-hydrogen) atoms. The van der Waals surface area contributed by atoms with Crippen LogP contribution in [0.5, 0.6) is 5.75 Å². The number of aromatic nitrogens is 2. The summed E-state index contributed by atoms with van der Waals surface area (Å²) in [5.41, 5.74) is 0.193. The van der Waals surface area contributed by atoms with Crippen molar-refractivity contribution < 1.29 is 9.84 Å². The van der Waals surface area contributed by atoms with Crippen LogP contribution in [0.4, 0.5) is 0 Å². The number of ether oxygens (including phenoxy) is 1. The van der Waals surface area contributed by atoms with Gasteiger partial charge in [0.1, 0.15) is 18.4 Å². The maximum atomic E-state index is 9.53. The van der Waals surface area contributed by atoms with Crippen molar-refractivity contribution in [3.8, 4) is 11.8 Å². The maximum Gasteiger partial charge on any atom is 0.138 e. The van der Waals surface area contributed by atoms with E-state index in [1.807, 2.05) is 6.07 Å². The molecule has 5 heteroatoms. The Morgan fingerprint density at radius 1 is 1.65 bits per heavy atom. The van der Waals surface area contributed by atoms with E-state index in [1.54, 1.807) is 26.1 Å². The van der Waals surface area contributed by atoms with Crippen LogP contribution in [0.2, 0.25) is 0 Å². The maximum absolute atomic E-state index is 9.53. The summed E-state index contributed by atoms with van der Waals surface area (Å²) in [7, 11) is 0. The van der Waals surface area contributed by atoms with Crippen molar-refractivity contribution in [1.29, 1.82) is 5.26 Å². The predicted molar refractivity (Wildman–Crippen MR) is 60.5 cm³/mol. The molecule has 0 aliphatic heterocycles. The van der Waals surface area contributed by atoms with E-state index >= 15 is 0 Å². The first kappa shape index (κ1) is 11.4. The zero-order valence-electron chi connectivity index (χ0n) is 9.64. The standard InChI is InChI=1S/C12H12N3O2/c1-12(2,16)8-17-10-3-4-11-9(5-13)6-14-15(11)7-10/h3,6-7,16H,8H2,1-2H3. The summed E-state index contributed by atoms with van der Waals surface area (Å²) in [5, 5.41) is 22.4. The van der Waals surface area contributed by atoms with Gasteiger partial charge in [-0.2, -0.15) is 10.4 Å². The lowest BCUT2D eigenvalue weighted by atomic mass is 10.2. The Hall–Kier alpha value is -2.06. The Morgan fingerprint density at radius 3 is 3.06 bits per heavy atom. The molecule has 0 spiro atoms. The van der Waals surface area contributed by atoms with Crippen LogP contribution in [0.15, 0.2) is 18.5 Å². The van der Waals surface area contributed by atoms with Crippen molar-refractivity contribution in [2.24, 2.45) is 0 Å². The third-order valence-corrected chi connectivity index (χ3v) is 2.11. The Balaban J connectivity index is 2.24. The van der Waals surface area contributed by atoms with Gasteiger partial charge in [-0.25, -0.2) is 4.52 Å². The quantitative estimate of drug-likeness (QED) is 0.858. The molecule has 1 radical (unpaired) electrons. The van der Waals surface area contributed by atoms with Gasteiger partial charge in [0, 0.05) is 6.07 Å². The smallest absolute Gasteiger partial charge is 0.138 e. The molecule has 2 heterocycles. The molecule has 0 saturated carbocycles. The molecule has 0 saturated heterocycles. The molecule has 2 aromatic rings. The molecule has 87 valence electrons. The highest BCUT2D eigenvalue weighted by atomic mass is 16.5. The predicted octanol–water partition coefficient (Wildman–Crippen LogP) is 1.16. The Labute approximate surface area is 98.9 Å². The fourth-order valence-electron chi connectivity index (χ4n) is 1.32. The van der Waals surface area contributed by atoms with Gasteiger partial charge in [-0.05, 0) is 19.9 Å². The van der Waals surface area contributed by atoms with E-state index in [9.17, 15) is 5.11 Å². The van der Waals surface area contributed by atoms with Crippen LogP contribution >= 0.6 is 0 Å². The van der Waals surface area contributed by atoms with Crippen LogP contribution in [0, 0.1) is 17.4 Å². The second-order valence-corrected chi connectivity index (χ2v) is 4.38. The van der Waals surface area contributed by atoms with Gasteiger partial charge in [-0.1, -0.05) is 0 Å². The van der Waals surface area contributed by atoms with Gasteiger partial charge < -0.3 is 9.84 Å². The molecule has 2 aromatic heterocycles. The van der Waals surface area contributed by atoms with Gasteiger partial charge >= 0.3 is 0 Å². The van der Waals surface area contributed by atoms with Crippen molar-refractivity contribution in [3.63, 3.8) is 0 Å². The Morgan fingerprint density at radius 2 is 2.41 bits per heavy atom. The van der Waals surface area contributed by atoms with Crippen LogP contribution in [-0.4, -0.2) is 26.9 Å². The minimum absolute atomic E-state index is 0.179.